The molecule has 0 spiro atoms. The van der Waals surface area contributed by atoms with E-state index >= 15 is 0 Å². The van der Waals surface area contributed by atoms with E-state index in [0.717, 1.165) is 47.9 Å². The van der Waals surface area contributed by atoms with Gasteiger partial charge in [-0.1, -0.05) is 85.5 Å². The van der Waals surface area contributed by atoms with Crippen LogP contribution in [0.15, 0.2) is 72.8 Å². The van der Waals surface area contributed by atoms with Crippen LogP contribution in [0.1, 0.15) is 54.4 Å². The van der Waals surface area contributed by atoms with Crippen molar-refractivity contribution in [1.29, 1.82) is 0 Å². The maximum atomic E-state index is 13.8. The third kappa shape index (κ3) is 7.61. The first-order valence-electron chi connectivity index (χ1n) is 13.5. The summed E-state index contributed by atoms with van der Waals surface area (Å²) in [6.07, 6.45) is 5.84. The summed E-state index contributed by atoms with van der Waals surface area (Å²) in [5.74, 6) is 0.230. The molecule has 5 nitrogen and oxygen atoms in total. The lowest BCUT2D eigenvalue weighted by Crippen LogP contribution is -2.53. The van der Waals surface area contributed by atoms with Crippen LogP contribution in [0.5, 0.6) is 5.75 Å². The van der Waals surface area contributed by atoms with Crippen LogP contribution in [0.25, 0.3) is 0 Å². The zero-order chi connectivity index (χ0) is 26.9. The number of nitrogens with one attached hydrogen (secondary N) is 1. The molecule has 3 aromatic carbocycles. The average Bonchev–Trinajstić information content (AvgIpc) is 2.93. The summed E-state index contributed by atoms with van der Waals surface area (Å²) in [6.45, 7) is 4.07. The third-order valence-corrected chi connectivity index (χ3v) is 7.74. The molecule has 3 aromatic rings. The van der Waals surface area contributed by atoms with Crippen LogP contribution in [-0.2, 0) is 22.6 Å². The molecule has 2 amide bonds. The van der Waals surface area contributed by atoms with Crippen LogP contribution in [0.4, 0.5) is 0 Å². The van der Waals surface area contributed by atoms with E-state index in [-0.39, 0.29) is 24.5 Å². The van der Waals surface area contributed by atoms with Gasteiger partial charge >= 0.3 is 0 Å². The van der Waals surface area contributed by atoms with Crippen LogP contribution in [0.2, 0.25) is 5.02 Å². The van der Waals surface area contributed by atoms with Crippen molar-refractivity contribution in [2.24, 2.45) is 0 Å². The number of ether oxygens (including phenoxy) is 1. The van der Waals surface area contributed by atoms with Gasteiger partial charge < -0.3 is 15.0 Å². The van der Waals surface area contributed by atoms with E-state index in [2.05, 4.69) is 5.32 Å². The van der Waals surface area contributed by atoms with Crippen LogP contribution < -0.4 is 10.1 Å². The molecule has 1 aliphatic rings. The largest absolute Gasteiger partial charge is 0.484 e. The topological polar surface area (TPSA) is 58.6 Å². The number of aryl methyl sites for hydroxylation is 2. The van der Waals surface area contributed by atoms with Crippen molar-refractivity contribution in [1.82, 2.24) is 10.2 Å². The number of carbonyl (C=O) groups is 2. The van der Waals surface area contributed by atoms with Crippen molar-refractivity contribution in [3.63, 3.8) is 0 Å². The minimum absolute atomic E-state index is 0.106. The lowest BCUT2D eigenvalue weighted by Gasteiger charge is -2.33. The fourth-order valence-electron chi connectivity index (χ4n) is 5.00. The number of nitrogens with zero attached hydrogens (tertiary/aromatic N) is 1. The molecule has 200 valence electrons. The SMILES string of the molecule is Cc1cc(OCC(=O)N(Cc2ccccc2C)[C@@H](Cc2ccccc2)C(=O)NC2CCCCC2)ccc1Cl. The summed E-state index contributed by atoms with van der Waals surface area (Å²) in [5.41, 5.74) is 3.97. The highest BCUT2D eigenvalue weighted by Gasteiger charge is 2.32. The summed E-state index contributed by atoms with van der Waals surface area (Å²) >= 11 is 6.16. The third-order valence-electron chi connectivity index (χ3n) is 7.32. The molecule has 1 aliphatic carbocycles. The number of hydrogen-bond donors (Lipinski definition) is 1. The average molecular weight is 533 g/mol. The minimum Gasteiger partial charge on any atom is -0.484 e. The molecule has 0 unspecified atom stereocenters. The molecule has 0 saturated heterocycles. The van der Waals surface area contributed by atoms with E-state index in [9.17, 15) is 9.59 Å². The Labute approximate surface area is 231 Å². The summed E-state index contributed by atoms with van der Waals surface area (Å²) in [7, 11) is 0. The molecule has 0 radical (unpaired) electrons. The Morgan fingerprint density at radius 1 is 0.947 bits per heavy atom. The molecule has 1 saturated carbocycles. The number of rotatable bonds is 10. The highest BCUT2D eigenvalue weighted by atomic mass is 35.5. The summed E-state index contributed by atoms with van der Waals surface area (Å²) < 4.78 is 5.90. The second-order valence-electron chi connectivity index (χ2n) is 10.2. The van der Waals surface area contributed by atoms with Gasteiger partial charge in [-0.2, -0.15) is 0 Å². The highest BCUT2D eigenvalue weighted by molar-refractivity contribution is 6.31. The van der Waals surface area contributed by atoms with Gasteiger partial charge in [0.2, 0.25) is 5.91 Å². The van der Waals surface area contributed by atoms with Crippen molar-refractivity contribution in [2.45, 2.75) is 71.0 Å². The normalized spacial score (nSPS) is 14.5. The van der Waals surface area contributed by atoms with Crippen molar-refractivity contribution in [3.8, 4) is 5.75 Å². The van der Waals surface area contributed by atoms with Crippen molar-refractivity contribution in [2.75, 3.05) is 6.61 Å². The van der Waals surface area contributed by atoms with E-state index in [1.807, 2.05) is 74.5 Å². The first-order chi connectivity index (χ1) is 18.4. The van der Waals surface area contributed by atoms with Gasteiger partial charge in [0.1, 0.15) is 11.8 Å². The van der Waals surface area contributed by atoms with Gasteiger partial charge in [-0.3, -0.25) is 9.59 Å². The highest BCUT2D eigenvalue weighted by Crippen LogP contribution is 2.23. The summed E-state index contributed by atoms with van der Waals surface area (Å²) in [5, 5.41) is 3.92. The molecule has 0 heterocycles. The molecule has 1 atom stereocenters. The van der Waals surface area contributed by atoms with E-state index in [0.29, 0.717) is 23.7 Å². The molecular weight excluding hydrogens is 496 g/mol. The molecule has 0 aromatic heterocycles. The second kappa shape index (κ2) is 13.5. The molecular formula is C32H37ClN2O3. The van der Waals surface area contributed by atoms with Gasteiger partial charge in [-0.25, -0.2) is 0 Å². The molecule has 1 fully saturated rings. The maximum Gasteiger partial charge on any atom is 0.261 e. The zero-order valence-corrected chi connectivity index (χ0v) is 23.0. The molecule has 6 heteroatoms. The number of amides is 2. The van der Waals surface area contributed by atoms with Gasteiger partial charge in [0.15, 0.2) is 6.61 Å². The molecule has 0 aliphatic heterocycles. The fraction of sp³-hybridized carbons (Fsp3) is 0.375. The molecule has 0 bridgehead atoms. The number of benzene rings is 3. The standard InChI is InChI=1S/C32H37ClN2O3/c1-23-11-9-10-14-26(23)21-35(31(36)22-38-28-17-18-29(33)24(2)19-28)30(20-25-12-5-3-6-13-25)32(37)34-27-15-7-4-8-16-27/h3,5-6,9-14,17-19,27,30H,4,7-8,15-16,20-22H2,1-2H3,(H,34,37)/t30-/m0/s1. The van der Waals surface area contributed by atoms with E-state index in [1.165, 1.54) is 6.42 Å². The van der Waals surface area contributed by atoms with E-state index in [1.54, 1.807) is 17.0 Å². The predicted octanol–water partition coefficient (Wildman–Crippen LogP) is 6.42. The van der Waals surface area contributed by atoms with Crippen LogP contribution in [0, 0.1) is 13.8 Å². The Morgan fingerprint density at radius 3 is 2.37 bits per heavy atom. The maximum absolute atomic E-state index is 13.8. The number of hydrogen-bond acceptors (Lipinski definition) is 3. The zero-order valence-electron chi connectivity index (χ0n) is 22.3. The van der Waals surface area contributed by atoms with Crippen molar-refractivity contribution >= 4 is 23.4 Å². The first-order valence-corrected chi connectivity index (χ1v) is 13.9. The van der Waals surface area contributed by atoms with Crippen LogP contribution in [0.3, 0.4) is 0 Å². The predicted molar refractivity (Wildman–Crippen MR) is 152 cm³/mol. The summed E-state index contributed by atoms with van der Waals surface area (Å²) in [4.78, 5) is 29.3. The van der Waals surface area contributed by atoms with Gasteiger partial charge in [-0.15, -0.1) is 0 Å². The summed E-state index contributed by atoms with van der Waals surface area (Å²) in [6, 6.07) is 22.7. The van der Waals surface area contributed by atoms with Gasteiger partial charge in [-0.05, 0) is 67.1 Å². The Balaban J connectivity index is 1.62. The Hall–Kier alpha value is -3.31. The van der Waals surface area contributed by atoms with Crippen LogP contribution in [-0.4, -0.2) is 35.4 Å². The lowest BCUT2D eigenvalue weighted by molar-refractivity contribution is -0.143. The van der Waals surface area contributed by atoms with Crippen molar-refractivity contribution < 1.29 is 14.3 Å². The van der Waals surface area contributed by atoms with Gasteiger partial charge in [0.05, 0.1) is 0 Å². The Morgan fingerprint density at radius 2 is 1.66 bits per heavy atom. The molecule has 38 heavy (non-hydrogen) atoms. The molecule has 1 N–H and O–H groups in total. The Bertz CT molecular complexity index is 1220. The molecule has 4 rings (SSSR count). The number of carbonyl (C=O) groups excluding carboxylic acids is 2. The van der Waals surface area contributed by atoms with E-state index < -0.39 is 6.04 Å². The van der Waals surface area contributed by atoms with E-state index in [4.69, 9.17) is 16.3 Å². The quantitative estimate of drug-likeness (QED) is 0.327. The minimum atomic E-state index is -0.665. The second-order valence-corrected chi connectivity index (χ2v) is 10.6. The lowest BCUT2D eigenvalue weighted by atomic mass is 9.94. The monoisotopic (exact) mass is 532 g/mol. The first kappa shape index (κ1) is 27.7. The van der Waals surface area contributed by atoms with Gasteiger partial charge in [0, 0.05) is 24.0 Å². The van der Waals surface area contributed by atoms with Crippen molar-refractivity contribution in [3.05, 3.63) is 100 Å². The number of halogens is 1. The van der Waals surface area contributed by atoms with Gasteiger partial charge in [0.25, 0.3) is 5.91 Å². The Kier molecular flexibility index (Phi) is 9.83. The van der Waals surface area contributed by atoms with Crippen LogP contribution >= 0.6 is 11.6 Å². The fourth-order valence-corrected chi connectivity index (χ4v) is 5.12. The smallest absolute Gasteiger partial charge is 0.261 e.